The van der Waals surface area contributed by atoms with Crippen LogP contribution < -0.4 is 5.32 Å². The number of hydrogen-bond donors (Lipinski definition) is 1. The molecule has 5 heteroatoms. The Kier molecular flexibility index (Phi) is 3.75. The van der Waals surface area contributed by atoms with Crippen LogP contribution in [0.3, 0.4) is 0 Å². The van der Waals surface area contributed by atoms with Gasteiger partial charge in [-0.15, -0.1) is 0 Å². The van der Waals surface area contributed by atoms with E-state index in [4.69, 9.17) is 0 Å². The third-order valence-corrected chi connectivity index (χ3v) is 3.00. The van der Waals surface area contributed by atoms with Crippen molar-refractivity contribution >= 4 is 11.4 Å². The van der Waals surface area contributed by atoms with Crippen LogP contribution in [-0.2, 0) is 0 Å². The molecule has 1 N–H and O–H groups in total. The van der Waals surface area contributed by atoms with Crippen molar-refractivity contribution in [2.24, 2.45) is 0 Å². The van der Waals surface area contributed by atoms with E-state index in [0.717, 1.165) is 11.3 Å². The monoisotopic (exact) mass is 257 g/mol. The molecule has 0 aliphatic carbocycles. The van der Waals surface area contributed by atoms with Crippen LogP contribution in [-0.4, -0.2) is 9.91 Å². The zero-order chi connectivity index (χ0) is 13.8. The molecule has 0 saturated heterocycles. The number of nitrogens with zero attached hydrogens (tertiary/aromatic N) is 2. The molecule has 5 nitrogen and oxygen atoms in total. The molecular formula is C14H15N3O2. The third-order valence-electron chi connectivity index (χ3n) is 3.00. The molecule has 98 valence electrons. The second-order valence-electron chi connectivity index (χ2n) is 4.40. The van der Waals surface area contributed by atoms with Gasteiger partial charge in [0.25, 0.3) is 5.69 Å². The summed E-state index contributed by atoms with van der Waals surface area (Å²) in [5.41, 5.74) is 2.61. The van der Waals surface area contributed by atoms with Crippen molar-refractivity contribution in [3.63, 3.8) is 0 Å². The Bertz CT molecular complexity index is 584. The van der Waals surface area contributed by atoms with Crippen LogP contribution >= 0.6 is 0 Å². The summed E-state index contributed by atoms with van der Waals surface area (Å²) in [6, 6.07) is 9.05. The number of nitrogens with one attached hydrogen (secondary N) is 1. The van der Waals surface area contributed by atoms with E-state index in [1.807, 2.05) is 25.1 Å². The second-order valence-corrected chi connectivity index (χ2v) is 4.40. The Balaban J connectivity index is 2.20. The molecule has 0 aliphatic heterocycles. The molecule has 0 amide bonds. The van der Waals surface area contributed by atoms with E-state index in [9.17, 15) is 10.1 Å². The Morgan fingerprint density at radius 2 is 1.95 bits per heavy atom. The largest absolute Gasteiger partial charge is 0.378 e. The number of nitro groups is 1. The fourth-order valence-corrected chi connectivity index (χ4v) is 1.88. The molecule has 2 aromatic rings. The van der Waals surface area contributed by atoms with Gasteiger partial charge in [-0.05, 0) is 37.6 Å². The molecule has 0 fully saturated rings. The molecule has 0 radical (unpaired) electrons. The number of aryl methyl sites for hydroxylation is 1. The van der Waals surface area contributed by atoms with Crippen LogP contribution in [0.1, 0.15) is 24.1 Å². The van der Waals surface area contributed by atoms with Crippen LogP contribution in [0.5, 0.6) is 0 Å². The molecular weight excluding hydrogens is 242 g/mol. The molecule has 1 aromatic heterocycles. The molecule has 0 bridgehead atoms. The quantitative estimate of drug-likeness (QED) is 0.672. The van der Waals surface area contributed by atoms with Crippen molar-refractivity contribution in [2.45, 2.75) is 19.9 Å². The summed E-state index contributed by atoms with van der Waals surface area (Å²) in [4.78, 5) is 14.5. The lowest BCUT2D eigenvalue weighted by molar-refractivity contribution is -0.385. The van der Waals surface area contributed by atoms with Gasteiger partial charge < -0.3 is 5.32 Å². The number of rotatable bonds is 4. The van der Waals surface area contributed by atoms with E-state index in [1.54, 1.807) is 31.5 Å². The molecule has 1 atom stereocenters. The number of nitro benzene ring substituents is 1. The predicted molar refractivity (Wildman–Crippen MR) is 74.1 cm³/mol. The first kappa shape index (κ1) is 13.0. The van der Waals surface area contributed by atoms with Gasteiger partial charge in [0.15, 0.2) is 0 Å². The fourth-order valence-electron chi connectivity index (χ4n) is 1.88. The van der Waals surface area contributed by atoms with Crippen molar-refractivity contribution in [1.82, 2.24) is 4.98 Å². The minimum absolute atomic E-state index is 0.0605. The first-order chi connectivity index (χ1) is 9.08. The standard InChI is InChI=1S/C14H15N3O2/c1-10-3-4-13(9-14(10)17(18)19)16-11(2)12-5-7-15-8-6-12/h3-9,11,16H,1-2H3. The summed E-state index contributed by atoms with van der Waals surface area (Å²) in [6.07, 6.45) is 3.45. The lowest BCUT2D eigenvalue weighted by Crippen LogP contribution is -2.07. The fraction of sp³-hybridized carbons (Fsp3) is 0.214. The van der Waals surface area contributed by atoms with Gasteiger partial charge in [-0.2, -0.15) is 0 Å². The van der Waals surface area contributed by atoms with Crippen molar-refractivity contribution in [2.75, 3.05) is 5.32 Å². The lowest BCUT2D eigenvalue weighted by Gasteiger charge is -2.15. The van der Waals surface area contributed by atoms with E-state index in [2.05, 4.69) is 10.3 Å². The summed E-state index contributed by atoms with van der Waals surface area (Å²) in [6.45, 7) is 3.73. The van der Waals surface area contributed by atoms with E-state index < -0.39 is 0 Å². The molecule has 2 rings (SSSR count). The SMILES string of the molecule is Cc1ccc(NC(C)c2ccncc2)cc1[N+](=O)[O-]. The Hall–Kier alpha value is -2.43. The van der Waals surface area contributed by atoms with Crippen molar-refractivity contribution in [3.05, 3.63) is 64.0 Å². The minimum atomic E-state index is -0.363. The molecule has 19 heavy (non-hydrogen) atoms. The number of benzene rings is 1. The van der Waals surface area contributed by atoms with Gasteiger partial charge in [-0.1, -0.05) is 6.07 Å². The summed E-state index contributed by atoms with van der Waals surface area (Å²) >= 11 is 0. The predicted octanol–water partition coefficient (Wildman–Crippen LogP) is 3.47. The Morgan fingerprint density at radius 1 is 1.26 bits per heavy atom. The van der Waals surface area contributed by atoms with Crippen LogP contribution in [0, 0.1) is 17.0 Å². The highest BCUT2D eigenvalue weighted by molar-refractivity contribution is 5.55. The van der Waals surface area contributed by atoms with Gasteiger partial charge in [0.1, 0.15) is 0 Å². The van der Waals surface area contributed by atoms with Crippen LogP contribution in [0.25, 0.3) is 0 Å². The average molecular weight is 257 g/mol. The number of aromatic nitrogens is 1. The molecule has 1 heterocycles. The first-order valence-corrected chi connectivity index (χ1v) is 5.99. The molecule has 1 aromatic carbocycles. The van der Waals surface area contributed by atoms with E-state index in [0.29, 0.717) is 5.56 Å². The average Bonchev–Trinajstić information content (AvgIpc) is 2.41. The maximum absolute atomic E-state index is 10.9. The van der Waals surface area contributed by atoms with Crippen molar-refractivity contribution in [1.29, 1.82) is 0 Å². The van der Waals surface area contributed by atoms with Crippen LogP contribution in [0.2, 0.25) is 0 Å². The van der Waals surface area contributed by atoms with Crippen LogP contribution in [0.4, 0.5) is 11.4 Å². The van der Waals surface area contributed by atoms with Gasteiger partial charge in [0.2, 0.25) is 0 Å². The van der Waals surface area contributed by atoms with E-state index >= 15 is 0 Å². The lowest BCUT2D eigenvalue weighted by atomic mass is 10.1. The third kappa shape index (κ3) is 3.07. The van der Waals surface area contributed by atoms with E-state index in [-0.39, 0.29) is 16.7 Å². The normalized spacial score (nSPS) is 11.9. The van der Waals surface area contributed by atoms with Gasteiger partial charge in [-0.3, -0.25) is 15.1 Å². The zero-order valence-corrected chi connectivity index (χ0v) is 10.8. The number of anilines is 1. The highest BCUT2D eigenvalue weighted by Gasteiger charge is 2.12. The number of hydrogen-bond acceptors (Lipinski definition) is 4. The van der Waals surface area contributed by atoms with Crippen molar-refractivity contribution in [3.8, 4) is 0 Å². The maximum atomic E-state index is 10.9. The zero-order valence-electron chi connectivity index (χ0n) is 10.8. The molecule has 0 spiro atoms. The van der Waals surface area contributed by atoms with E-state index in [1.165, 1.54) is 0 Å². The summed E-state index contributed by atoms with van der Waals surface area (Å²) < 4.78 is 0. The number of pyridine rings is 1. The summed E-state index contributed by atoms with van der Waals surface area (Å²) in [5, 5.41) is 14.1. The van der Waals surface area contributed by atoms with Gasteiger partial charge in [0, 0.05) is 35.8 Å². The highest BCUT2D eigenvalue weighted by Crippen LogP contribution is 2.25. The minimum Gasteiger partial charge on any atom is -0.378 e. The van der Waals surface area contributed by atoms with Crippen LogP contribution in [0.15, 0.2) is 42.7 Å². The molecule has 0 saturated carbocycles. The van der Waals surface area contributed by atoms with Gasteiger partial charge in [0.05, 0.1) is 4.92 Å². The Labute approximate surface area is 111 Å². The smallest absolute Gasteiger partial charge is 0.274 e. The molecule has 1 unspecified atom stereocenters. The summed E-state index contributed by atoms with van der Waals surface area (Å²) in [5.74, 6) is 0. The Morgan fingerprint density at radius 3 is 2.58 bits per heavy atom. The highest BCUT2D eigenvalue weighted by atomic mass is 16.6. The van der Waals surface area contributed by atoms with Gasteiger partial charge in [-0.25, -0.2) is 0 Å². The summed E-state index contributed by atoms with van der Waals surface area (Å²) in [7, 11) is 0. The first-order valence-electron chi connectivity index (χ1n) is 5.99. The maximum Gasteiger partial charge on any atom is 0.274 e. The topological polar surface area (TPSA) is 68.1 Å². The van der Waals surface area contributed by atoms with Crippen molar-refractivity contribution < 1.29 is 4.92 Å². The van der Waals surface area contributed by atoms with Gasteiger partial charge >= 0.3 is 0 Å². The molecule has 0 aliphatic rings. The second kappa shape index (κ2) is 5.48.